The predicted molar refractivity (Wildman–Crippen MR) is 76.9 cm³/mol. The summed E-state index contributed by atoms with van der Waals surface area (Å²) in [5.41, 5.74) is 0. The van der Waals surface area contributed by atoms with Crippen molar-refractivity contribution in [3.63, 3.8) is 0 Å². The molecule has 1 fully saturated rings. The molecule has 0 bridgehead atoms. The minimum atomic E-state index is -0.633. The van der Waals surface area contributed by atoms with E-state index < -0.39 is 5.92 Å². The molecule has 110 valence electrons. The number of hydrogen-bond acceptors (Lipinski definition) is 3. The van der Waals surface area contributed by atoms with Crippen LogP contribution < -0.4 is 0 Å². The van der Waals surface area contributed by atoms with Crippen molar-refractivity contribution >= 4 is 11.9 Å². The molecule has 1 heterocycles. The lowest BCUT2D eigenvalue weighted by molar-refractivity contribution is -0.177. The van der Waals surface area contributed by atoms with Crippen molar-refractivity contribution in [3.05, 3.63) is 24.3 Å². The monoisotopic (exact) mass is 277 g/mol. The van der Waals surface area contributed by atoms with Gasteiger partial charge in [-0.05, 0) is 20.3 Å². The molecule has 4 heteroatoms. The number of β-lactam (4-membered cyclic amide) rings is 1. The van der Waals surface area contributed by atoms with Gasteiger partial charge >= 0.3 is 5.97 Å². The molecule has 0 saturated carbocycles. The Morgan fingerprint density at radius 1 is 1.35 bits per heavy atom. The van der Waals surface area contributed by atoms with Gasteiger partial charge in [-0.3, -0.25) is 9.59 Å². The van der Waals surface area contributed by atoms with Crippen LogP contribution in [0, 0.1) is 11.8 Å². The first-order valence-corrected chi connectivity index (χ1v) is 7.45. The molecule has 2 aliphatic rings. The van der Waals surface area contributed by atoms with Gasteiger partial charge < -0.3 is 9.64 Å². The van der Waals surface area contributed by atoms with Crippen molar-refractivity contribution in [1.82, 2.24) is 4.90 Å². The molecule has 1 saturated heterocycles. The summed E-state index contributed by atoms with van der Waals surface area (Å²) in [6.45, 7) is 6.24. The van der Waals surface area contributed by atoms with E-state index in [1.165, 1.54) is 0 Å². The number of nitrogens with zero attached hydrogens (tertiary/aromatic N) is 1. The average Bonchev–Trinajstić information content (AvgIpc) is 2.89. The third-order valence-electron chi connectivity index (χ3n) is 4.08. The fourth-order valence-electron chi connectivity index (χ4n) is 3.16. The second-order valence-corrected chi connectivity index (χ2v) is 5.45. The van der Waals surface area contributed by atoms with Gasteiger partial charge in [0.25, 0.3) is 0 Å². The standard InChI is InChI=1S/C16H23NO3/c1-4-8-11(3)17-14(12-9-6-7-10-12)13(15(17)18)16(19)20-5-2/h6-7,9-14H,4-5,8H2,1-3H3/t11-,13+,14+/m1/s1. The van der Waals surface area contributed by atoms with E-state index in [9.17, 15) is 9.59 Å². The molecule has 3 atom stereocenters. The number of esters is 1. The normalized spacial score (nSPS) is 26.8. The molecule has 0 aromatic rings. The van der Waals surface area contributed by atoms with Crippen LogP contribution in [-0.4, -0.2) is 35.5 Å². The maximum Gasteiger partial charge on any atom is 0.320 e. The van der Waals surface area contributed by atoms with Crippen LogP contribution in [0.25, 0.3) is 0 Å². The van der Waals surface area contributed by atoms with Crippen molar-refractivity contribution in [2.75, 3.05) is 6.61 Å². The third kappa shape index (κ3) is 2.51. The smallest absolute Gasteiger partial charge is 0.320 e. The summed E-state index contributed by atoms with van der Waals surface area (Å²) in [5.74, 6) is -0.965. The van der Waals surface area contributed by atoms with Crippen molar-refractivity contribution in [2.45, 2.75) is 45.7 Å². The molecule has 0 unspecified atom stereocenters. The fraction of sp³-hybridized carbons (Fsp3) is 0.625. The molecule has 0 spiro atoms. The largest absolute Gasteiger partial charge is 0.465 e. The summed E-state index contributed by atoms with van der Waals surface area (Å²) < 4.78 is 5.06. The quantitative estimate of drug-likeness (QED) is 0.425. The molecule has 2 rings (SSSR count). The molecule has 1 amide bonds. The molecule has 0 aromatic carbocycles. The maximum atomic E-state index is 12.3. The highest BCUT2D eigenvalue weighted by Crippen LogP contribution is 2.38. The minimum Gasteiger partial charge on any atom is -0.465 e. The highest BCUT2D eigenvalue weighted by molar-refractivity contribution is 6.04. The molecule has 0 radical (unpaired) electrons. The van der Waals surface area contributed by atoms with Crippen LogP contribution in [0.4, 0.5) is 0 Å². The van der Waals surface area contributed by atoms with E-state index in [2.05, 4.69) is 26.0 Å². The molecule has 1 aliphatic heterocycles. The topological polar surface area (TPSA) is 46.6 Å². The van der Waals surface area contributed by atoms with Crippen LogP contribution in [0.5, 0.6) is 0 Å². The van der Waals surface area contributed by atoms with Gasteiger partial charge in [0.2, 0.25) is 5.91 Å². The van der Waals surface area contributed by atoms with E-state index in [0.29, 0.717) is 6.61 Å². The first-order chi connectivity index (χ1) is 9.61. The van der Waals surface area contributed by atoms with Gasteiger partial charge in [-0.15, -0.1) is 0 Å². The van der Waals surface area contributed by atoms with Crippen LogP contribution >= 0.6 is 0 Å². The highest BCUT2D eigenvalue weighted by atomic mass is 16.5. The zero-order chi connectivity index (χ0) is 14.7. The number of amides is 1. The lowest BCUT2D eigenvalue weighted by Crippen LogP contribution is -2.68. The van der Waals surface area contributed by atoms with Crippen LogP contribution in [0.3, 0.4) is 0 Å². The number of ether oxygens (including phenoxy) is 1. The van der Waals surface area contributed by atoms with Crippen molar-refractivity contribution < 1.29 is 14.3 Å². The maximum absolute atomic E-state index is 12.3. The number of rotatable bonds is 6. The van der Waals surface area contributed by atoms with Crippen LogP contribution in [-0.2, 0) is 14.3 Å². The highest BCUT2D eigenvalue weighted by Gasteiger charge is 2.55. The number of hydrogen-bond donors (Lipinski definition) is 0. The van der Waals surface area contributed by atoms with E-state index in [1.54, 1.807) is 6.92 Å². The Labute approximate surface area is 120 Å². The number of carbonyl (C=O) groups excluding carboxylic acids is 2. The van der Waals surface area contributed by atoms with Crippen LogP contribution in [0.1, 0.15) is 33.6 Å². The van der Waals surface area contributed by atoms with Crippen molar-refractivity contribution in [3.8, 4) is 0 Å². The summed E-state index contributed by atoms with van der Waals surface area (Å²) in [5, 5.41) is 0. The number of carbonyl (C=O) groups is 2. The molecule has 4 nitrogen and oxygen atoms in total. The predicted octanol–water partition coefficient (Wildman–Crippen LogP) is 2.31. The number of allylic oxidation sites excluding steroid dienone is 2. The van der Waals surface area contributed by atoms with Gasteiger partial charge in [-0.2, -0.15) is 0 Å². The van der Waals surface area contributed by atoms with Gasteiger partial charge in [-0.1, -0.05) is 37.6 Å². The lowest BCUT2D eigenvalue weighted by Gasteiger charge is -2.51. The Kier molecular flexibility index (Phi) is 4.63. The van der Waals surface area contributed by atoms with E-state index in [-0.39, 0.29) is 29.9 Å². The van der Waals surface area contributed by atoms with Crippen LogP contribution in [0.2, 0.25) is 0 Å². The van der Waals surface area contributed by atoms with Gasteiger partial charge in [-0.25, -0.2) is 0 Å². The second kappa shape index (κ2) is 6.25. The van der Waals surface area contributed by atoms with E-state index in [1.807, 2.05) is 17.1 Å². The SMILES string of the molecule is CCC[C@@H](C)N1C(=O)[C@@H](C(=O)OCC)[C@@H]1C1C=CC=C1. The van der Waals surface area contributed by atoms with Gasteiger partial charge in [0, 0.05) is 12.0 Å². The zero-order valence-electron chi connectivity index (χ0n) is 12.4. The fourth-order valence-corrected chi connectivity index (χ4v) is 3.16. The summed E-state index contributed by atoms with van der Waals surface area (Å²) in [6, 6.07) is 0.0867. The minimum absolute atomic E-state index is 0.0805. The molecular weight excluding hydrogens is 254 g/mol. The zero-order valence-corrected chi connectivity index (χ0v) is 12.4. The van der Waals surface area contributed by atoms with Crippen LogP contribution in [0.15, 0.2) is 24.3 Å². The molecule has 20 heavy (non-hydrogen) atoms. The van der Waals surface area contributed by atoms with E-state index in [4.69, 9.17) is 4.74 Å². The Morgan fingerprint density at radius 2 is 2.00 bits per heavy atom. The molecule has 1 aliphatic carbocycles. The Balaban J connectivity index is 2.17. The Bertz CT molecular complexity index is 429. The van der Waals surface area contributed by atoms with Gasteiger partial charge in [0.15, 0.2) is 5.92 Å². The van der Waals surface area contributed by atoms with Crippen molar-refractivity contribution in [2.24, 2.45) is 11.8 Å². The Morgan fingerprint density at radius 3 is 2.55 bits per heavy atom. The second-order valence-electron chi connectivity index (χ2n) is 5.45. The molecule has 0 N–H and O–H groups in total. The summed E-state index contributed by atoms with van der Waals surface area (Å²) in [6.07, 6.45) is 10.0. The van der Waals surface area contributed by atoms with E-state index >= 15 is 0 Å². The summed E-state index contributed by atoms with van der Waals surface area (Å²) >= 11 is 0. The third-order valence-corrected chi connectivity index (χ3v) is 4.08. The van der Waals surface area contributed by atoms with Gasteiger partial charge in [0.05, 0.1) is 12.6 Å². The van der Waals surface area contributed by atoms with Gasteiger partial charge in [0.1, 0.15) is 0 Å². The molecule has 0 aromatic heterocycles. The summed E-state index contributed by atoms with van der Waals surface area (Å²) in [4.78, 5) is 26.2. The number of likely N-dealkylation sites (tertiary alicyclic amines) is 1. The first kappa shape index (κ1) is 14.8. The summed E-state index contributed by atoms with van der Waals surface area (Å²) in [7, 11) is 0. The lowest BCUT2D eigenvalue weighted by atomic mass is 9.77. The van der Waals surface area contributed by atoms with Crippen molar-refractivity contribution in [1.29, 1.82) is 0 Å². The van der Waals surface area contributed by atoms with E-state index in [0.717, 1.165) is 12.8 Å². The Hall–Kier alpha value is -1.58. The molecular formula is C16H23NO3. The first-order valence-electron chi connectivity index (χ1n) is 7.45. The average molecular weight is 277 g/mol.